The summed E-state index contributed by atoms with van der Waals surface area (Å²) in [5.41, 5.74) is 7.37. The maximum atomic E-state index is 6.10. The largest absolute Gasteiger partial charge is 0.334 e. The summed E-state index contributed by atoms with van der Waals surface area (Å²) in [4.78, 5) is 4.39. The maximum absolute atomic E-state index is 6.10. The van der Waals surface area contributed by atoms with Crippen LogP contribution in [0.1, 0.15) is 38.7 Å². The Kier molecular flexibility index (Phi) is 3.21. The Morgan fingerprint density at radius 3 is 2.78 bits per heavy atom. The summed E-state index contributed by atoms with van der Waals surface area (Å²) < 4.78 is 7.05. The van der Waals surface area contributed by atoms with Crippen molar-refractivity contribution in [2.45, 2.75) is 39.2 Å². The van der Waals surface area contributed by atoms with E-state index in [4.69, 9.17) is 10.3 Å². The molecule has 0 aliphatic rings. The van der Waals surface area contributed by atoms with Crippen LogP contribution in [0.4, 0.5) is 0 Å². The molecule has 0 aromatic carbocycles. The highest BCUT2D eigenvalue weighted by Crippen LogP contribution is 2.25. The Hall–Kier alpha value is -1.69. The van der Waals surface area contributed by atoms with Crippen molar-refractivity contribution in [1.82, 2.24) is 19.9 Å². The zero-order chi connectivity index (χ0) is 13.3. The molecule has 0 bridgehead atoms. The molecule has 0 saturated carbocycles. The maximum Gasteiger partial charge on any atom is 0.261 e. The monoisotopic (exact) mass is 249 g/mol. The predicted octanol–water partition coefficient (Wildman–Crippen LogP) is 1.62. The van der Waals surface area contributed by atoms with Crippen molar-refractivity contribution in [3.63, 3.8) is 0 Å². The van der Waals surface area contributed by atoms with Crippen molar-refractivity contribution < 1.29 is 4.52 Å². The first-order valence-electron chi connectivity index (χ1n) is 6.14. The molecule has 2 aromatic rings. The van der Waals surface area contributed by atoms with Gasteiger partial charge in [0.1, 0.15) is 0 Å². The van der Waals surface area contributed by atoms with Crippen LogP contribution < -0.4 is 5.73 Å². The van der Waals surface area contributed by atoms with E-state index in [-0.39, 0.29) is 0 Å². The lowest BCUT2D eigenvalue weighted by atomic mass is 10.00. The molecule has 2 rings (SSSR count). The molecule has 98 valence electrons. The van der Waals surface area contributed by atoms with Gasteiger partial charge in [0.05, 0.1) is 16.8 Å². The second kappa shape index (κ2) is 4.53. The highest BCUT2D eigenvalue weighted by Gasteiger charge is 2.26. The van der Waals surface area contributed by atoms with Crippen molar-refractivity contribution in [1.29, 1.82) is 0 Å². The third kappa shape index (κ3) is 2.15. The number of rotatable bonds is 4. The van der Waals surface area contributed by atoms with E-state index in [9.17, 15) is 0 Å². The number of hydrogen-bond donors (Lipinski definition) is 1. The molecule has 2 N–H and O–H groups in total. The second-order valence-corrected chi connectivity index (χ2v) is 4.71. The van der Waals surface area contributed by atoms with Gasteiger partial charge in [-0.3, -0.25) is 4.68 Å². The summed E-state index contributed by atoms with van der Waals surface area (Å²) in [7, 11) is 1.87. The molecule has 1 unspecified atom stereocenters. The van der Waals surface area contributed by atoms with Crippen molar-refractivity contribution in [3.05, 3.63) is 17.7 Å². The highest BCUT2D eigenvalue weighted by molar-refractivity contribution is 5.55. The summed E-state index contributed by atoms with van der Waals surface area (Å²) in [5, 5.41) is 8.33. The lowest BCUT2D eigenvalue weighted by Gasteiger charge is -2.16. The number of aromatic nitrogens is 4. The van der Waals surface area contributed by atoms with Crippen LogP contribution in [-0.2, 0) is 19.0 Å². The van der Waals surface area contributed by atoms with Gasteiger partial charge < -0.3 is 10.3 Å². The van der Waals surface area contributed by atoms with Crippen molar-refractivity contribution >= 4 is 0 Å². The molecule has 0 aliphatic carbocycles. The molecule has 2 heterocycles. The van der Waals surface area contributed by atoms with E-state index < -0.39 is 5.54 Å². The van der Waals surface area contributed by atoms with E-state index in [2.05, 4.69) is 15.2 Å². The summed E-state index contributed by atoms with van der Waals surface area (Å²) >= 11 is 0. The fraction of sp³-hybridized carbons (Fsp3) is 0.583. The van der Waals surface area contributed by atoms with Gasteiger partial charge in [0, 0.05) is 13.2 Å². The standard InChI is InChI=1S/C12H19N5O/c1-5-9-8(7-17(4)15-9)10-14-11(16-18-10)12(3,13)6-2/h7H,5-6,13H2,1-4H3. The smallest absolute Gasteiger partial charge is 0.261 e. The minimum Gasteiger partial charge on any atom is -0.334 e. The van der Waals surface area contributed by atoms with Crippen molar-refractivity contribution in [2.75, 3.05) is 0 Å². The van der Waals surface area contributed by atoms with Crippen LogP contribution in [0.3, 0.4) is 0 Å². The third-order valence-electron chi connectivity index (χ3n) is 3.14. The molecule has 6 heteroatoms. The molecule has 0 aliphatic heterocycles. The average molecular weight is 249 g/mol. The van der Waals surface area contributed by atoms with Crippen LogP contribution in [0, 0.1) is 0 Å². The molecule has 0 spiro atoms. The van der Waals surface area contributed by atoms with Gasteiger partial charge in [-0.05, 0) is 19.8 Å². The van der Waals surface area contributed by atoms with Crippen LogP contribution in [0.2, 0.25) is 0 Å². The van der Waals surface area contributed by atoms with Crippen LogP contribution >= 0.6 is 0 Å². The Labute approximate surface area is 106 Å². The summed E-state index contributed by atoms with van der Waals surface area (Å²) in [6, 6.07) is 0. The SMILES string of the molecule is CCc1nn(C)cc1-c1nc(C(C)(N)CC)no1. The first-order chi connectivity index (χ1) is 8.47. The average Bonchev–Trinajstić information content (AvgIpc) is 2.94. The van der Waals surface area contributed by atoms with E-state index in [1.165, 1.54) is 0 Å². The molecule has 1 atom stereocenters. The van der Waals surface area contributed by atoms with Gasteiger partial charge in [-0.2, -0.15) is 10.1 Å². The van der Waals surface area contributed by atoms with Crippen LogP contribution in [0.15, 0.2) is 10.7 Å². The van der Waals surface area contributed by atoms with E-state index in [0.717, 1.165) is 24.1 Å². The lowest BCUT2D eigenvalue weighted by molar-refractivity contribution is 0.378. The number of nitrogens with zero attached hydrogens (tertiary/aromatic N) is 4. The van der Waals surface area contributed by atoms with Crippen molar-refractivity contribution in [3.8, 4) is 11.5 Å². The Morgan fingerprint density at radius 2 is 2.17 bits per heavy atom. The van der Waals surface area contributed by atoms with E-state index in [1.54, 1.807) is 4.68 Å². The highest BCUT2D eigenvalue weighted by atomic mass is 16.5. The van der Waals surface area contributed by atoms with Gasteiger partial charge in [-0.15, -0.1) is 0 Å². The summed E-state index contributed by atoms with van der Waals surface area (Å²) in [6.07, 6.45) is 3.46. The van der Waals surface area contributed by atoms with E-state index >= 15 is 0 Å². The van der Waals surface area contributed by atoms with Crippen LogP contribution in [0.5, 0.6) is 0 Å². The van der Waals surface area contributed by atoms with Gasteiger partial charge in [-0.1, -0.05) is 19.0 Å². The van der Waals surface area contributed by atoms with Crippen molar-refractivity contribution in [2.24, 2.45) is 12.8 Å². The summed E-state index contributed by atoms with van der Waals surface area (Å²) in [5.74, 6) is 1.02. The lowest BCUT2D eigenvalue weighted by Crippen LogP contribution is -2.33. The first-order valence-corrected chi connectivity index (χ1v) is 6.14. The van der Waals surface area contributed by atoms with E-state index in [0.29, 0.717) is 11.7 Å². The van der Waals surface area contributed by atoms with Gasteiger partial charge in [0.2, 0.25) is 0 Å². The number of aryl methyl sites for hydroxylation is 2. The fourth-order valence-electron chi connectivity index (χ4n) is 1.70. The van der Waals surface area contributed by atoms with Gasteiger partial charge in [0.15, 0.2) is 5.82 Å². The quantitative estimate of drug-likeness (QED) is 0.890. The molecule has 0 radical (unpaired) electrons. The Bertz CT molecular complexity index is 540. The fourth-order valence-corrected chi connectivity index (χ4v) is 1.70. The van der Waals surface area contributed by atoms with Gasteiger partial charge >= 0.3 is 0 Å². The molecule has 0 saturated heterocycles. The molecule has 2 aromatic heterocycles. The molecular weight excluding hydrogens is 230 g/mol. The van der Waals surface area contributed by atoms with Gasteiger partial charge in [0.25, 0.3) is 5.89 Å². The Morgan fingerprint density at radius 1 is 1.44 bits per heavy atom. The van der Waals surface area contributed by atoms with Crippen LogP contribution in [-0.4, -0.2) is 19.9 Å². The predicted molar refractivity (Wildman–Crippen MR) is 67.7 cm³/mol. The minimum atomic E-state index is -0.559. The normalized spacial score (nSPS) is 14.7. The zero-order valence-corrected chi connectivity index (χ0v) is 11.3. The molecule has 6 nitrogen and oxygen atoms in total. The molecule has 18 heavy (non-hydrogen) atoms. The number of hydrogen-bond acceptors (Lipinski definition) is 5. The molecule has 0 fully saturated rings. The first kappa shape index (κ1) is 12.8. The summed E-state index contributed by atoms with van der Waals surface area (Å²) in [6.45, 7) is 5.94. The molecular formula is C12H19N5O. The number of nitrogens with two attached hydrogens (primary N) is 1. The zero-order valence-electron chi connectivity index (χ0n) is 11.3. The van der Waals surface area contributed by atoms with E-state index in [1.807, 2.05) is 34.0 Å². The third-order valence-corrected chi connectivity index (χ3v) is 3.14. The second-order valence-electron chi connectivity index (χ2n) is 4.71. The Balaban J connectivity index is 2.41. The van der Waals surface area contributed by atoms with Gasteiger partial charge in [-0.25, -0.2) is 0 Å². The molecule has 0 amide bonds. The minimum absolute atomic E-state index is 0.486. The topological polar surface area (TPSA) is 82.8 Å². The van der Waals surface area contributed by atoms with Crippen LogP contribution in [0.25, 0.3) is 11.5 Å².